The van der Waals surface area contributed by atoms with E-state index in [4.69, 9.17) is 0 Å². The van der Waals surface area contributed by atoms with Gasteiger partial charge in [-0.1, -0.05) is 6.08 Å². The first-order chi connectivity index (χ1) is 7.63. The summed E-state index contributed by atoms with van der Waals surface area (Å²) in [7, 11) is 1.26. The van der Waals surface area contributed by atoms with Crippen LogP contribution in [0.4, 0.5) is 4.39 Å². The van der Waals surface area contributed by atoms with Gasteiger partial charge in [-0.2, -0.15) is 0 Å². The number of ether oxygens (including phenoxy) is 1. The number of nitrogens with one attached hydrogen (secondary N) is 1. The molecule has 16 heavy (non-hydrogen) atoms. The summed E-state index contributed by atoms with van der Waals surface area (Å²) in [6.07, 6.45) is 4.01. The number of amides is 1. The topological polar surface area (TPSA) is 55.4 Å². The molecule has 1 N–H and O–H groups in total. The Balaban J connectivity index is 2.41. The number of halogens is 1. The van der Waals surface area contributed by atoms with Gasteiger partial charge in [-0.05, 0) is 11.6 Å². The minimum absolute atomic E-state index is 0.00794. The Morgan fingerprint density at radius 1 is 1.56 bits per heavy atom. The van der Waals surface area contributed by atoms with Crippen molar-refractivity contribution in [2.24, 2.45) is 5.92 Å². The van der Waals surface area contributed by atoms with Gasteiger partial charge in [-0.15, -0.1) is 0 Å². The molecule has 2 aliphatic rings. The van der Waals surface area contributed by atoms with E-state index >= 15 is 0 Å². The minimum Gasteiger partial charge on any atom is -0.465 e. The van der Waals surface area contributed by atoms with E-state index in [-0.39, 0.29) is 23.7 Å². The number of carbonyl (C=O) groups is 2. The van der Waals surface area contributed by atoms with Crippen LogP contribution in [0.15, 0.2) is 35.3 Å². The van der Waals surface area contributed by atoms with Crippen LogP contribution in [0.1, 0.15) is 6.42 Å². The fraction of sp³-hybridized carbons (Fsp3) is 0.273. The van der Waals surface area contributed by atoms with Crippen LogP contribution in [0.25, 0.3) is 0 Å². The van der Waals surface area contributed by atoms with Crippen LogP contribution in [-0.4, -0.2) is 19.0 Å². The van der Waals surface area contributed by atoms with Gasteiger partial charge in [0.15, 0.2) is 0 Å². The van der Waals surface area contributed by atoms with Crippen molar-refractivity contribution < 1.29 is 18.7 Å². The lowest BCUT2D eigenvalue weighted by molar-refractivity contribution is -0.136. The molecule has 0 fully saturated rings. The highest BCUT2D eigenvalue weighted by Crippen LogP contribution is 2.33. The third-order valence-electron chi connectivity index (χ3n) is 2.61. The average Bonchev–Trinajstić information content (AvgIpc) is 2.29. The zero-order chi connectivity index (χ0) is 11.7. The lowest BCUT2D eigenvalue weighted by Crippen LogP contribution is -2.36. The van der Waals surface area contributed by atoms with Gasteiger partial charge in [0.1, 0.15) is 5.83 Å². The summed E-state index contributed by atoms with van der Waals surface area (Å²) in [4.78, 5) is 22.9. The Kier molecular flexibility index (Phi) is 2.60. The number of allylic oxidation sites excluding steroid dienone is 3. The van der Waals surface area contributed by atoms with Gasteiger partial charge in [0.05, 0.1) is 18.6 Å². The summed E-state index contributed by atoms with van der Waals surface area (Å²) >= 11 is 0. The Hall–Kier alpha value is -1.91. The van der Waals surface area contributed by atoms with E-state index in [2.05, 4.69) is 10.1 Å². The van der Waals surface area contributed by atoms with E-state index < -0.39 is 11.9 Å². The van der Waals surface area contributed by atoms with Crippen molar-refractivity contribution in [2.75, 3.05) is 7.11 Å². The van der Waals surface area contributed by atoms with Crippen LogP contribution in [0.3, 0.4) is 0 Å². The number of carbonyl (C=O) groups excluding carboxylic acids is 2. The van der Waals surface area contributed by atoms with Crippen LogP contribution in [0, 0.1) is 5.92 Å². The summed E-state index contributed by atoms with van der Waals surface area (Å²) < 4.78 is 17.6. The maximum absolute atomic E-state index is 13.0. The molecule has 0 spiro atoms. The molecule has 1 unspecified atom stereocenters. The Bertz CT molecular complexity index is 448. The lowest BCUT2D eigenvalue weighted by atomic mass is 9.83. The first kappa shape index (κ1) is 10.6. The van der Waals surface area contributed by atoms with Crippen LogP contribution in [0.5, 0.6) is 0 Å². The molecule has 0 bridgehead atoms. The molecule has 0 aromatic rings. The molecule has 0 saturated carbocycles. The SMILES string of the molecule is COC(=O)C1=CNC(=O)C2CC(F)=CC=C12. The monoisotopic (exact) mass is 223 g/mol. The van der Waals surface area contributed by atoms with Crippen LogP contribution < -0.4 is 5.32 Å². The molecule has 0 aromatic heterocycles. The fourth-order valence-electron chi connectivity index (χ4n) is 1.79. The molecular formula is C11H10FNO3. The van der Waals surface area contributed by atoms with Crippen molar-refractivity contribution in [3.63, 3.8) is 0 Å². The van der Waals surface area contributed by atoms with Crippen molar-refractivity contribution in [1.82, 2.24) is 5.32 Å². The summed E-state index contributed by atoms with van der Waals surface area (Å²) in [5.74, 6) is -1.84. The Morgan fingerprint density at radius 2 is 2.31 bits per heavy atom. The first-order valence-electron chi connectivity index (χ1n) is 4.79. The van der Waals surface area contributed by atoms with E-state index in [0.29, 0.717) is 5.57 Å². The quantitative estimate of drug-likeness (QED) is 0.674. The molecule has 4 nitrogen and oxygen atoms in total. The molecule has 2 rings (SSSR count). The predicted molar refractivity (Wildman–Crippen MR) is 53.6 cm³/mol. The van der Waals surface area contributed by atoms with Crippen molar-refractivity contribution in [2.45, 2.75) is 6.42 Å². The third kappa shape index (κ3) is 1.64. The number of methoxy groups -OCH3 is 1. The highest BCUT2D eigenvalue weighted by molar-refractivity contribution is 5.99. The summed E-state index contributed by atoms with van der Waals surface area (Å²) in [6.45, 7) is 0. The van der Waals surface area contributed by atoms with E-state index in [1.807, 2.05) is 0 Å². The summed E-state index contributed by atoms with van der Waals surface area (Å²) in [6, 6.07) is 0. The Morgan fingerprint density at radius 3 is 3.00 bits per heavy atom. The molecule has 1 aliphatic heterocycles. The highest BCUT2D eigenvalue weighted by atomic mass is 19.1. The molecule has 0 radical (unpaired) electrons. The van der Waals surface area contributed by atoms with Gasteiger partial charge in [0.25, 0.3) is 0 Å². The van der Waals surface area contributed by atoms with Gasteiger partial charge in [0, 0.05) is 12.6 Å². The second-order valence-corrected chi connectivity index (χ2v) is 3.55. The van der Waals surface area contributed by atoms with Gasteiger partial charge in [-0.25, -0.2) is 9.18 Å². The Labute approximate surface area is 91.5 Å². The number of rotatable bonds is 1. The fourth-order valence-corrected chi connectivity index (χ4v) is 1.79. The number of esters is 1. The molecule has 0 aromatic carbocycles. The van der Waals surface area contributed by atoms with Crippen LogP contribution in [0.2, 0.25) is 0 Å². The maximum Gasteiger partial charge on any atom is 0.339 e. The van der Waals surface area contributed by atoms with Gasteiger partial charge < -0.3 is 10.1 Å². The first-order valence-corrected chi connectivity index (χ1v) is 4.79. The molecule has 1 atom stereocenters. The number of fused-ring (bicyclic) bond motifs is 1. The summed E-state index contributed by atoms with van der Waals surface area (Å²) in [5.41, 5.74) is 0.785. The van der Waals surface area contributed by atoms with E-state index in [0.717, 1.165) is 0 Å². The standard InChI is InChI=1S/C11H10FNO3/c1-16-11(15)9-5-13-10(14)8-4-6(12)2-3-7(8)9/h2-3,5,8H,4H2,1H3,(H,13,14). The van der Waals surface area contributed by atoms with Gasteiger partial charge in [-0.3, -0.25) is 4.79 Å². The average molecular weight is 223 g/mol. The molecule has 1 aliphatic carbocycles. The zero-order valence-electron chi connectivity index (χ0n) is 8.62. The van der Waals surface area contributed by atoms with E-state index in [9.17, 15) is 14.0 Å². The second-order valence-electron chi connectivity index (χ2n) is 3.55. The molecule has 1 heterocycles. The largest absolute Gasteiger partial charge is 0.465 e. The zero-order valence-corrected chi connectivity index (χ0v) is 8.62. The molecule has 1 amide bonds. The smallest absolute Gasteiger partial charge is 0.339 e. The lowest BCUT2D eigenvalue weighted by Gasteiger charge is -2.26. The molecule has 5 heteroatoms. The van der Waals surface area contributed by atoms with E-state index in [1.165, 1.54) is 25.5 Å². The summed E-state index contributed by atoms with van der Waals surface area (Å²) in [5, 5.41) is 2.43. The molecular weight excluding hydrogens is 213 g/mol. The molecule has 0 saturated heterocycles. The van der Waals surface area contributed by atoms with Gasteiger partial charge in [0.2, 0.25) is 5.91 Å². The van der Waals surface area contributed by atoms with Crippen LogP contribution >= 0.6 is 0 Å². The molecule has 84 valence electrons. The van der Waals surface area contributed by atoms with E-state index in [1.54, 1.807) is 0 Å². The predicted octanol–water partition coefficient (Wildman–Crippen LogP) is 0.973. The van der Waals surface area contributed by atoms with Crippen molar-refractivity contribution in [3.05, 3.63) is 35.3 Å². The van der Waals surface area contributed by atoms with Crippen molar-refractivity contribution in [3.8, 4) is 0 Å². The van der Waals surface area contributed by atoms with Gasteiger partial charge >= 0.3 is 5.97 Å². The van der Waals surface area contributed by atoms with Crippen molar-refractivity contribution >= 4 is 11.9 Å². The maximum atomic E-state index is 13.0. The van der Waals surface area contributed by atoms with Crippen LogP contribution in [-0.2, 0) is 14.3 Å². The second kappa shape index (κ2) is 3.92. The normalized spacial score (nSPS) is 23.5. The number of hydrogen-bond acceptors (Lipinski definition) is 3. The third-order valence-corrected chi connectivity index (χ3v) is 2.61. The van der Waals surface area contributed by atoms with Crippen molar-refractivity contribution in [1.29, 1.82) is 0 Å². The highest BCUT2D eigenvalue weighted by Gasteiger charge is 2.34. The minimum atomic E-state index is -0.635. The number of hydrogen-bond donors (Lipinski definition) is 1.